The molecule has 3 N–H and O–H groups in total. The fourth-order valence-corrected chi connectivity index (χ4v) is 2.81. The molecule has 0 atom stereocenters. The first-order chi connectivity index (χ1) is 10.2. The molecule has 0 aliphatic carbocycles. The SMILES string of the molecule is N#Cc1c(-c2ccsc2)cc(-c2ccccc2O)nc1N. The van der Waals surface area contributed by atoms with E-state index in [0.29, 0.717) is 16.8 Å². The number of nitrogens with two attached hydrogens (primary N) is 1. The van der Waals surface area contributed by atoms with E-state index in [0.717, 1.165) is 11.1 Å². The molecule has 0 fully saturated rings. The van der Waals surface area contributed by atoms with Crippen LogP contribution in [0.25, 0.3) is 22.4 Å². The predicted molar refractivity (Wildman–Crippen MR) is 83.8 cm³/mol. The molecule has 2 aromatic heterocycles. The molecule has 0 unspecified atom stereocenters. The summed E-state index contributed by atoms with van der Waals surface area (Å²) in [4.78, 5) is 4.24. The van der Waals surface area contributed by atoms with Gasteiger partial charge in [0.05, 0.1) is 5.69 Å². The predicted octanol–water partition coefficient (Wildman–Crippen LogP) is 3.64. The first kappa shape index (κ1) is 13.2. The molecule has 21 heavy (non-hydrogen) atoms. The second-order valence-electron chi connectivity index (χ2n) is 4.46. The van der Waals surface area contributed by atoms with E-state index in [9.17, 15) is 10.4 Å². The first-order valence-corrected chi connectivity index (χ1v) is 7.16. The van der Waals surface area contributed by atoms with Crippen molar-refractivity contribution in [1.29, 1.82) is 5.26 Å². The van der Waals surface area contributed by atoms with Crippen molar-refractivity contribution in [3.8, 4) is 34.2 Å². The van der Waals surface area contributed by atoms with Gasteiger partial charge >= 0.3 is 0 Å². The molecule has 0 saturated heterocycles. The Morgan fingerprint density at radius 2 is 2.00 bits per heavy atom. The minimum absolute atomic E-state index is 0.130. The average molecular weight is 293 g/mol. The van der Waals surface area contributed by atoms with Gasteiger partial charge in [-0.1, -0.05) is 12.1 Å². The highest BCUT2D eigenvalue weighted by Gasteiger charge is 2.15. The zero-order valence-electron chi connectivity index (χ0n) is 10.9. The number of thiophene rings is 1. The van der Waals surface area contributed by atoms with E-state index in [1.165, 1.54) is 0 Å². The molecule has 0 aliphatic heterocycles. The van der Waals surface area contributed by atoms with Gasteiger partial charge in [-0.25, -0.2) is 4.98 Å². The van der Waals surface area contributed by atoms with Crippen LogP contribution in [0.2, 0.25) is 0 Å². The molecule has 3 rings (SSSR count). The minimum Gasteiger partial charge on any atom is -0.507 e. The van der Waals surface area contributed by atoms with Gasteiger partial charge < -0.3 is 10.8 Å². The Balaban J connectivity index is 2.26. The molecule has 5 heteroatoms. The Bertz CT molecular complexity index is 835. The van der Waals surface area contributed by atoms with Gasteiger partial charge in [-0.3, -0.25) is 0 Å². The fraction of sp³-hybridized carbons (Fsp3) is 0. The molecule has 3 aromatic rings. The van der Waals surface area contributed by atoms with Crippen LogP contribution in [-0.4, -0.2) is 10.1 Å². The molecule has 102 valence electrons. The van der Waals surface area contributed by atoms with Gasteiger partial charge in [0.15, 0.2) is 0 Å². The van der Waals surface area contributed by atoms with Crippen LogP contribution < -0.4 is 5.73 Å². The molecule has 0 aliphatic rings. The normalized spacial score (nSPS) is 10.2. The minimum atomic E-state index is 0.130. The summed E-state index contributed by atoms with van der Waals surface area (Å²) in [7, 11) is 0. The molecule has 4 nitrogen and oxygen atoms in total. The molecule has 0 bridgehead atoms. The van der Waals surface area contributed by atoms with Crippen molar-refractivity contribution >= 4 is 17.2 Å². The van der Waals surface area contributed by atoms with Crippen molar-refractivity contribution in [2.75, 3.05) is 5.73 Å². The smallest absolute Gasteiger partial charge is 0.142 e. The molecule has 2 heterocycles. The first-order valence-electron chi connectivity index (χ1n) is 6.22. The van der Waals surface area contributed by atoms with Crippen LogP contribution in [0, 0.1) is 11.3 Å². The van der Waals surface area contributed by atoms with Gasteiger partial charge in [0.25, 0.3) is 0 Å². The van der Waals surface area contributed by atoms with Crippen LogP contribution in [-0.2, 0) is 0 Å². The molecule has 0 amide bonds. The summed E-state index contributed by atoms with van der Waals surface area (Å²) in [5.41, 5.74) is 9.05. The maximum Gasteiger partial charge on any atom is 0.142 e. The summed E-state index contributed by atoms with van der Waals surface area (Å²) in [6.45, 7) is 0. The number of aromatic nitrogens is 1. The van der Waals surface area contributed by atoms with E-state index in [1.54, 1.807) is 35.6 Å². The zero-order chi connectivity index (χ0) is 14.8. The fourth-order valence-electron chi connectivity index (χ4n) is 2.16. The van der Waals surface area contributed by atoms with Gasteiger partial charge in [0.1, 0.15) is 23.2 Å². The number of phenolic OH excluding ortho intramolecular Hbond substituents is 1. The summed E-state index contributed by atoms with van der Waals surface area (Å²) in [5, 5.41) is 23.1. The molecular weight excluding hydrogens is 282 g/mol. The van der Waals surface area contributed by atoms with E-state index in [2.05, 4.69) is 11.1 Å². The summed E-state index contributed by atoms with van der Waals surface area (Å²) in [5.74, 6) is 0.296. The average Bonchev–Trinajstić information content (AvgIpc) is 3.01. The van der Waals surface area contributed by atoms with Gasteiger partial charge in [0, 0.05) is 11.1 Å². The Kier molecular flexibility index (Phi) is 3.30. The third-order valence-electron chi connectivity index (χ3n) is 3.17. The van der Waals surface area contributed by atoms with Crippen molar-refractivity contribution in [1.82, 2.24) is 4.98 Å². The quantitative estimate of drug-likeness (QED) is 0.755. The summed E-state index contributed by atoms with van der Waals surface area (Å²) in [6, 6.07) is 12.7. The number of nitrogens with zero attached hydrogens (tertiary/aromatic N) is 2. The monoisotopic (exact) mass is 293 g/mol. The van der Waals surface area contributed by atoms with Crippen LogP contribution in [0.5, 0.6) is 5.75 Å². The number of rotatable bonds is 2. The van der Waals surface area contributed by atoms with Crippen LogP contribution >= 0.6 is 11.3 Å². The Morgan fingerprint density at radius 3 is 2.67 bits per heavy atom. The summed E-state index contributed by atoms with van der Waals surface area (Å²) >= 11 is 1.54. The largest absolute Gasteiger partial charge is 0.507 e. The number of nitriles is 1. The number of nitrogen functional groups attached to an aromatic ring is 1. The highest BCUT2D eigenvalue weighted by molar-refractivity contribution is 7.08. The topological polar surface area (TPSA) is 82.9 Å². The Morgan fingerprint density at radius 1 is 1.19 bits per heavy atom. The lowest BCUT2D eigenvalue weighted by Crippen LogP contribution is -1.99. The highest BCUT2D eigenvalue weighted by Crippen LogP contribution is 2.34. The van der Waals surface area contributed by atoms with Crippen molar-refractivity contribution in [3.05, 3.63) is 52.7 Å². The molecular formula is C16H11N3OS. The standard InChI is InChI=1S/C16H11N3OS/c17-8-13-12(10-5-6-21-9-10)7-14(19-16(13)18)11-3-1-2-4-15(11)20/h1-7,9,20H,(H2,18,19). The van der Waals surface area contributed by atoms with Crippen molar-refractivity contribution in [2.24, 2.45) is 0 Å². The van der Waals surface area contributed by atoms with Crippen LogP contribution in [0.3, 0.4) is 0 Å². The number of anilines is 1. The molecule has 0 radical (unpaired) electrons. The lowest BCUT2D eigenvalue weighted by Gasteiger charge is -2.10. The van der Waals surface area contributed by atoms with Gasteiger partial charge in [0.2, 0.25) is 0 Å². The number of hydrogen-bond donors (Lipinski definition) is 2. The van der Waals surface area contributed by atoms with Crippen molar-refractivity contribution < 1.29 is 5.11 Å². The van der Waals surface area contributed by atoms with E-state index in [-0.39, 0.29) is 11.6 Å². The van der Waals surface area contributed by atoms with Crippen molar-refractivity contribution in [2.45, 2.75) is 0 Å². The van der Waals surface area contributed by atoms with E-state index in [4.69, 9.17) is 5.73 Å². The Hall–Kier alpha value is -2.84. The maximum absolute atomic E-state index is 9.96. The van der Waals surface area contributed by atoms with Gasteiger partial charge in [-0.15, -0.1) is 0 Å². The lowest BCUT2D eigenvalue weighted by molar-refractivity contribution is 0.477. The second-order valence-corrected chi connectivity index (χ2v) is 5.24. The Labute approximate surface area is 125 Å². The number of phenols is 1. The molecule has 1 aromatic carbocycles. The zero-order valence-corrected chi connectivity index (χ0v) is 11.8. The van der Waals surface area contributed by atoms with Gasteiger partial charge in [-0.2, -0.15) is 16.6 Å². The van der Waals surface area contributed by atoms with E-state index in [1.807, 2.05) is 22.9 Å². The third-order valence-corrected chi connectivity index (χ3v) is 3.85. The van der Waals surface area contributed by atoms with Crippen molar-refractivity contribution in [3.63, 3.8) is 0 Å². The van der Waals surface area contributed by atoms with Crippen LogP contribution in [0.4, 0.5) is 5.82 Å². The number of pyridine rings is 1. The highest BCUT2D eigenvalue weighted by atomic mass is 32.1. The number of aromatic hydroxyl groups is 1. The number of benzene rings is 1. The molecule has 0 saturated carbocycles. The summed E-state index contributed by atoms with van der Waals surface area (Å²) in [6.07, 6.45) is 0. The third kappa shape index (κ3) is 2.33. The van der Waals surface area contributed by atoms with Gasteiger partial charge in [-0.05, 0) is 40.6 Å². The molecule has 0 spiro atoms. The number of hydrogen-bond acceptors (Lipinski definition) is 5. The number of para-hydroxylation sites is 1. The summed E-state index contributed by atoms with van der Waals surface area (Å²) < 4.78 is 0. The van der Waals surface area contributed by atoms with Crippen LogP contribution in [0.15, 0.2) is 47.2 Å². The second kappa shape index (κ2) is 5.27. The van der Waals surface area contributed by atoms with Crippen LogP contribution in [0.1, 0.15) is 5.56 Å². The van der Waals surface area contributed by atoms with E-state index < -0.39 is 0 Å². The maximum atomic E-state index is 9.96. The lowest BCUT2D eigenvalue weighted by atomic mass is 10.0. The van der Waals surface area contributed by atoms with E-state index >= 15 is 0 Å².